The Morgan fingerprint density at radius 2 is 2.00 bits per heavy atom. The highest BCUT2D eigenvalue weighted by Gasteiger charge is 2.07. The van der Waals surface area contributed by atoms with Crippen LogP contribution in [0.3, 0.4) is 0 Å². The number of hydrogen-bond donors (Lipinski definition) is 4. The summed E-state index contributed by atoms with van der Waals surface area (Å²) in [5.41, 5.74) is 2.40. The van der Waals surface area contributed by atoms with E-state index in [2.05, 4.69) is 41.4 Å². The van der Waals surface area contributed by atoms with Gasteiger partial charge < -0.3 is 10.7 Å². The average molecular weight is 325 g/mol. The van der Waals surface area contributed by atoms with Crippen LogP contribution in [0.5, 0.6) is 0 Å². The molecule has 0 fully saturated rings. The van der Waals surface area contributed by atoms with E-state index < -0.39 is 10.0 Å². The van der Waals surface area contributed by atoms with E-state index in [1.165, 1.54) is 6.33 Å². The fourth-order valence-corrected chi connectivity index (χ4v) is 1.94. The van der Waals surface area contributed by atoms with Crippen molar-refractivity contribution < 1.29 is 8.42 Å². The van der Waals surface area contributed by atoms with E-state index in [0.717, 1.165) is 6.26 Å². The number of hydrazine groups is 1. The summed E-state index contributed by atoms with van der Waals surface area (Å²) in [5, 5.41) is 2.94. The molecule has 0 aliphatic heterocycles. The molecular formula is C7H13BrN6O2S. The Labute approximate surface area is 108 Å². The monoisotopic (exact) mass is 324 g/mol. The first-order valence-electron chi connectivity index (χ1n) is 4.59. The van der Waals surface area contributed by atoms with Gasteiger partial charge in [-0.15, -0.1) is 0 Å². The Morgan fingerprint density at radius 1 is 1.35 bits per heavy atom. The van der Waals surface area contributed by atoms with Gasteiger partial charge in [0.05, 0.1) is 6.26 Å². The van der Waals surface area contributed by atoms with Crippen molar-refractivity contribution in [1.29, 1.82) is 0 Å². The first kappa shape index (κ1) is 14.1. The molecule has 0 atom stereocenters. The van der Waals surface area contributed by atoms with Gasteiger partial charge >= 0.3 is 0 Å². The van der Waals surface area contributed by atoms with Gasteiger partial charge in [-0.2, -0.15) is 0 Å². The molecule has 8 nitrogen and oxygen atoms in total. The number of nitrogen functional groups attached to an aromatic ring is 1. The summed E-state index contributed by atoms with van der Waals surface area (Å²) in [7, 11) is -3.17. The predicted molar refractivity (Wildman–Crippen MR) is 68.9 cm³/mol. The molecule has 10 heteroatoms. The van der Waals surface area contributed by atoms with E-state index in [4.69, 9.17) is 5.84 Å². The first-order valence-corrected chi connectivity index (χ1v) is 7.28. The molecule has 1 rings (SSSR count). The normalized spacial score (nSPS) is 11.2. The minimum absolute atomic E-state index is 0.265. The molecule has 0 bridgehead atoms. The molecule has 0 aromatic carbocycles. The highest BCUT2D eigenvalue weighted by molar-refractivity contribution is 9.10. The van der Waals surface area contributed by atoms with E-state index in [1.54, 1.807) is 0 Å². The quantitative estimate of drug-likeness (QED) is 0.315. The van der Waals surface area contributed by atoms with Crippen molar-refractivity contribution in [1.82, 2.24) is 14.7 Å². The van der Waals surface area contributed by atoms with Gasteiger partial charge in [-0.1, -0.05) is 0 Å². The molecular weight excluding hydrogens is 312 g/mol. The van der Waals surface area contributed by atoms with Crippen LogP contribution in [0.1, 0.15) is 0 Å². The zero-order chi connectivity index (χ0) is 12.9. The van der Waals surface area contributed by atoms with Crippen LogP contribution >= 0.6 is 15.9 Å². The molecule has 1 aromatic rings. The molecule has 5 N–H and O–H groups in total. The molecule has 0 radical (unpaired) electrons. The van der Waals surface area contributed by atoms with Crippen LogP contribution in [-0.2, 0) is 10.0 Å². The molecule has 0 aliphatic rings. The van der Waals surface area contributed by atoms with Gasteiger partial charge in [0.25, 0.3) is 0 Å². The summed E-state index contributed by atoms with van der Waals surface area (Å²) < 4.78 is 24.6. The van der Waals surface area contributed by atoms with Gasteiger partial charge in [-0.05, 0) is 15.9 Å². The number of anilines is 2. The maximum absolute atomic E-state index is 10.8. The molecule has 1 aromatic heterocycles. The van der Waals surface area contributed by atoms with Crippen LogP contribution in [0, 0.1) is 0 Å². The Balaban J connectivity index is 2.52. The minimum Gasteiger partial charge on any atom is -0.368 e. The molecule has 1 heterocycles. The van der Waals surface area contributed by atoms with Crippen LogP contribution in [0.15, 0.2) is 10.8 Å². The van der Waals surface area contributed by atoms with Gasteiger partial charge in [0.15, 0.2) is 5.82 Å². The summed E-state index contributed by atoms with van der Waals surface area (Å²) in [6.07, 6.45) is 2.44. The summed E-state index contributed by atoms with van der Waals surface area (Å²) in [5.74, 6) is 6.22. The Bertz CT molecular complexity index is 479. The van der Waals surface area contributed by atoms with Crippen LogP contribution in [0.2, 0.25) is 0 Å². The zero-order valence-corrected chi connectivity index (χ0v) is 11.5. The SMILES string of the molecule is CS(=O)(=O)NCCNc1ncnc(NN)c1Br. The second-order valence-corrected chi connectivity index (χ2v) is 5.75. The number of sulfonamides is 1. The van der Waals surface area contributed by atoms with E-state index in [1.807, 2.05) is 0 Å². The van der Waals surface area contributed by atoms with E-state index in [9.17, 15) is 8.42 Å². The smallest absolute Gasteiger partial charge is 0.208 e. The fraction of sp³-hybridized carbons (Fsp3) is 0.429. The Morgan fingerprint density at radius 3 is 2.59 bits per heavy atom. The number of rotatable bonds is 6. The lowest BCUT2D eigenvalue weighted by atomic mass is 10.5. The number of hydrogen-bond acceptors (Lipinski definition) is 7. The maximum Gasteiger partial charge on any atom is 0.208 e. The molecule has 96 valence electrons. The molecule has 0 unspecified atom stereocenters. The minimum atomic E-state index is -3.17. The fourth-order valence-electron chi connectivity index (χ4n) is 1.01. The third-order valence-corrected chi connectivity index (χ3v) is 3.19. The van der Waals surface area contributed by atoms with Gasteiger partial charge in [0.1, 0.15) is 16.6 Å². The molecule has 0 saturated carbocycles. The molecule has 0 saturated heterocycles. The maximum atomic E-state index is 10.8. The van der Waals surface area contributed by atoms with Crippen molar-refractivity contribution in [3.05, 3.63) is 10.8 Å². The standard InChI is InChI=1S/C7H13BrN6O2S/c1-17(15,16)13-3-2-10-6-5(8)7(14-9)12-4-11-6/h4,13H,2-3,9H2,1H3,(H2,10,11,12,14). The van der Waals surface area contributed by atoms with Crippen molar-refractivity contribution in [2.45, 2.75) is 0 Å². The molecule has 0 spiro atoms. The summed E-state index contributed by atoms with van der Waals surface area (Å²) in [6, 6.07) is 0. The third-order valence-electron chi connectivity index (χ3n) is 1.71. The average Bonchev–Trinajstić information content (AvgIpc) is 2.25. The topological polar surface area (TPSA) is 122 Å². The van der Waals surface area contributed by atoms with Gasteiger partial charge in [-0.25, -0.2) is 29.0 Å². The lowest BCUT2D eigenvalue weighted by Gasteiger charge is -2.09. The van der Waals surface area contributed by atoms with Crippen molar-refractivity contribution in [3.63, 3.8) is 0 Å². The molecule has 0 amide bonds. The second-order valence-electron chi connectivity index (χ2n) is 3.12. The van der Waals surface area contributed by atoms with Gasteiger partial charge in [0, 0.05) is 13.1 Å². The van der Waals surface area contributed by atoms with Crippen molar-refractivity contribution in [2.75, 3.05) is 30.1 Å². The van der Waals surface area contributed by atoms with Gasteiger partial charge in [-0.3, -0.25) is 0 Å². The number of nitrogens with zero attached hydrogens (tertiary/aromatic N) is 2. The molecule has 0 aliphatic carbocycles. The first-order chi connectivity index (χ1) is 7.94. The lowest BCUT2D eigenvalue weighted by Crippen LogP contribution is -2.28. The van der Waals surface area contributed by atoms with Crippen molar-refractivity contribution in [2.24, 2.45) is 5.84 Å². The number of aromatic nitrogens is 2. The number of halogens is 1. The lowest BCUT2D eigenvalue weighted by molar-refractivity contribution is 0.589. The second kappa shape index (κ2) is 6.10. The van der Waals surface area contributed by atoms with E-state index in [-0.39, 0.29) is 6.54 Å². The highest BCUT2D eigenvalue weighted by Crippen LogP contribution is 2.25. The largest absolute Gasteiger partial charge is 0.368 e. The van der Waals surface area contributed by atoms with Crippen molar-refractivity contribution in [3.8, 4) is 0 Å². The van der Waals surface area contributed by atoms with Crippen LogP contribution in [0.25, 0.3) is 0 Å². The van der Waals surface area contributed by atoms with Crippen molar-refractivity contribution >= 4 is 37.6 Å². The summed E-state index contributed by atoms with van der Waals surface area (Å²) >= 11 is 3.26. The van der Waals surface area contributed by atoms with Crippen LogP contribution < -0.4 is 21.3 Å². The Kier molecular flexibility index (Phi) is 5.05. The highest BCUT2D eigenvalue weighted by atomic mass is 79.9. The van der Waals surface area contributed by atoms with Crippen LogP contribution in [0.4, 0.5) is 11.6 Å². The van der Waals surface area contributed by atoms with Gasteiger partial charge in [0.2, 0.25) is 10.0 Å². The summed E-state index contributed by atoms with van der Waals surface area (Å²) in [6.45, 7) is 0.660. The Hall–Kier alpha value is -0.970. The van der Waals surface area contributed by atoms with E-state index in [0.29, 0.717) is 22.7 Å². The molecule has 17 heavy (non-hydrogen) atoms. The van der Waals surface area contributed by atoms with Crippen LogP contribution in [-0.4, -0.2) is 37.7 Å². The van der Waals surface area contributed by atoms with E-state index >= 15 is 0 Å². The zero-order valence-electron chi connectivity index (χ0n) is 9.07. The summed E-state index contributed by atoms with van der Waals surface area (Å²) in [4.78, 5) is 7.86. The number of nitrogens with one attached hydrogen (secondary N) is 3. The number of nitrogens with two attached hydrogens (primary N) is 1. The predicted octanol–water partition coefficient (Wildman–Crippen LogP) is -0.514. The third kappa shape index (κ3) is 4.81.